The first-order chi connectivity index (χ1) is 13.0. The van der Waals surface area contributed by atoms with Crippen molar-refractivity contribution in [3.63, 3.8) is 0 Å². The van der Waals surface area contributed by atoms with Crippen molar-refractivity contribution in [2.45, 2.75) is 24.5 Å². The third-order valence-electron chi connectivity index (χ3n) is 3.56. The monoisotopic (exact) mass is 389 g/mol. The molecule has 0 fully saturated rings. The summed E-state index contributed by atoms with van der Waals surface area (Å²) in [5.74, 6) is -0.782. The van der Waals surface area contributed by atoms with Crippen molar-refractivity contribution in [1.82, 2.24) is 0 Å². The van der Waals surface area contributed by atoms with Gasteiger partial charge in [0, 0.05) is 22.3 Å². The number of carbonyl (C=O) groups excluding carboxylic acids is 2. The maximum atomic E-state index is 12.0. The van der Waals surface area contributed by atoms with Gasteiger partial charge in [-0.1, -0.05) is 18.2 Å². The molecule has 7 nitrogen and oxygen atoms in total. The van der Waals surface area contributed by atoms with Crippen LogP contribution in [-0.2, 0) is 15.2 Å². The predicted molar refractivity (Wildman–Crippen MR) is 101 cm³/mol. The number of hydrogen-bond donors (Lipinski definition) is 0. The van der Waals surface area contributed by atoms with E-state index in [1.165, 1.54) is 30.0 Å². The quantitative estimate of drug-likeness (QED) is 0.288. The van der Waals surface area contributed by atoms with Crippen LogP contribution in [0, 0.1) is 10.1 Å². The SMILES string of the molecule is CCOC(=O)c1ccc(CSc2ccccc2C(=O)OCC)c([N+](=O)[O-])c1. The Hall–Kier alpha value is -2.87. The topological polar surface area (TPSA) is 95.7 Å². The lowest BCUT2D eigenvalue weighted by molar-refractivity contribution is -0.385. The summed E-state index contributed by atoms with van der Waals surface area (Å²) in [6.07, 6.45) is 0. The number of carbonyl (C=O) groups is 2. The molecule has 0 saturated carbocycles. The summed E-state index contributed by atoms with van der Waals surface area (Å²) in [4.78, 5) is 35.4. The lowest BCUT2D eigenvalue weighted by atomic mass is 10.1. The van der Waals surface area contributed by atoms with Gasteiger partial charge in [0.1, 0.15) is 0 Å². The minimum Gasteiger partial charge on any atom is -0.462 e. The second-order valence-corrected chi connectivity index (χ2v) is 6.34. The Morgan fingerprint density at radius 2 is 1.70 bits per heavy atom. The van der Waals surface area contributed by atoms with Crippen LogP contribution in [0.1, 0.15) is 40.1 Å². The van der Waals surface area contributed by atoms with Gasteiger partial charge in [-0.3, -0.25) is 10.1 Å². The lowest BCUT2D eigenvalue weighted by Crippen LogP contribution is -2.07. The molecule has 0 heterocycles. The molecule has 0 bridgehead atoms. The Morgan fingerprint density at radius 3 is 2.37 bits per heavy atom. The molecule has 0 spiro atoms. The number of benzene rings is 2. The molecule has 0 N–H and O–H groups in total. The number of nitro benzene ring substituents is 1. The Balaban J connectivity index is 2.25. The molecule has 27 heavy (non-hydrogen) atoms. The molecular formula is C19H19NO6S. The third kappa shape index (κ3) is 5.30. The summed E-state index contributed by atoms with van der Waals surface area (Å²) in [5, 5.41) is 11.4. The summed E-state index contributed by atoms with van der Waals surface area (Å²) < 4.78 is 9.91. The number of ether oxygens (including phenoxy) is 2. The summed E-state index contributed by atoms with van der Waals surface area (Å²) in [6.45, 7) is 3.84. The van der Waals surface area contributed by atoms with E-state index in [2.05, 4.69) is 0 Å². The van der Waals surface area contributed by atoms with Crippen molar-refractivity contribution >= 4 is 29.4 Å². The Morgan fingerprint density at radius 1 is 1.04 bits per heavy atom. The van der Waals surface area contributed by atoms with Crippen molar-refractivity contribution < 1.29 is 24.0 Å². The predicted octanol–water partition coefficient (Wildman–Crippen LogP) is 4.24. The number of esters is 2. The molecular weight excluding hydrogens is 370 g/mol. The molecule has 2 aromatic carbocycles. The average Bonchev–Trinajstić information content (AvgIpc) is 2.66. The molecule has 0 amide bonds. The van der Waals surface area contributed by atoms with Gasteiger partial charge in [0.15, 0.2) is 0 Å². The van der Waals surface area contributed by atoms with E-state index in [9.17, 15) is 19.7 Å². The van der Waals surface area contributed by atoms with Crippen LogP contribution < -0.4 is 0 Å². The Bertz CT molecular complexity index is 852. The van der Waals surface area contributed by atoms with Crippen molar-refractivity contribution in [2.24, 2.45) is 0 Å². The fourth-order valence-corrected chi connectivity index (χ4v) is 3.36. The fourth-order valence-electron chi connectivity index (χ4n) is 2.32. The van der Waals surface area contributed by atoms with Crippen LogP contribution in [0.4, 0.5) is 5.69 Å². The minimum atomic E-state index is -0.604. The minimum absolute atomic E-state index is 0.129. The van der Waals surface area contributed by atoms with Gasteiger partial charge in [-0.05, 0) is 32.0 Å². The van der Waals surface area contributed by atoms with E-state index in [1.807, 2.05) is 0 Å². The zero-order valence-corrected chi connectivity index (χ0v) is 15.8. The first-order valence-electron chi connectivity index (χ1n) is 8.31. The van der Waals surface area contributed by atoms with E-state index in [-0.39, 0.29) is 30.2 Å². The van der Waals surface area contributed by atoms with Crippen LogP contribution in [0.5, 0.6) is 0 Å². The van der Waals surface area contributed by atoms with Gasteiger partial charge >= 0.3 is 11.9 Å². The number of rotatable bonds is 8. The van der Waals surface area contributed by atoms with Gasteiger partial charge < -0.3 is 9.47 Å². The van der Waals surface area contributed by atoms with Crippen LogP contribution in [0.25, 0.3) is 0 Å². The molecule has 2 rings (SSSR count). The Kier molecular flexibility index (Phi) is 7.36. The van der Waals surface area contributed by atoms with Crippen molar-refractivity contribution in [3.8, 4) is 0 Å². The molecule has 0 aliphatic carbocycles. The molecule has 2 aromatic rings. The summed E-state index contributed by atoms with van der Waals surface area (Å²) in [6, 6.07) is 11.2. The Labute approximate surface area is 160 Å². The van der Waals surface area contributed by atoms with Gasteiger partial charge in [-0.15, -0.1) is 11.8 Å². The maximum Gasteiger partial charge on any atom is 0.339 e. The smallest absolute Gasteiger partial charge is 0.339 e. The van der Waals surface area contributed by atoms with Gasteiger partial charge in [0.25, 0.3) is 5.69 Å². The first-order valence-corrected chi connectivity index (χ1v) is 9.29. The molecule has 8 heteroatoms. The molecule has 0 radical (unpaired) electrons. The van der Waals surface area contributed by atoms with E-state index in [0.717, 1.165) is 0 Å². The number of nitro groups is 1. The standard InChI is InChI=1S/C19H19NO6S/c1-3-25-18(21)13-9-10-14(16(11-13)20(23)24)12-27-17-8-6-5-7-15(17)19(22)26-4-2/h5-11H,3-4,12H2,1-2H3. The molecule has 0 aliphatic rings. The van der Waals surface area contributed by atoms with Crippen molar-refractivity contribution in [1.29, 1.82) is 0 Å². The van der Waals surface area contributed by atoms with E-state index in [4.69, 9.17) is 9.47 Å². The lowest BCUT2D eigenvalue weighted by Gasteiger charge is -2.09. The summed E-state index contributed by atoms with van der Waals surface area (Å²) in [7, 11) is 0. The van der Waals surface area contributed by atoms with E-state index < -0.39 is 16.9 Å². The van der Waals surface area contributed by atoms with Crippen LogP contribution >= 0.6 is 11.8 Å². The molecule has 0 aromatic heterocycles. The first kappa shape index (κ1) is 20.4. The van der Waals surface area contributed by atoms with Gasteiger partial charge in [0.2, 0.25) is 0 Å². The second kappa shape index (κ2) is 9.72. The van der Waals surface area contributed by atoms with Crippen LogP contribution in [-0.4, -0.2) is 30.1 Å². The average molecular weight is 389 g/mol. The van der Waals surface area contributed by atoms with Gasteiger partial charge in [-0.25, -0.2) is 9.59 Å². The van der Waals surface area contributed by atoms with Gasteiger partial charge in [-0.2, -0.15) is 0 Å². The highest BCUT2D eigenvalue weighted by Gasteiger charge is 2.19. The fraction of sp³-hybridized carbons (Fsp3) is 0.263. The largest absolute Gasteiger partial charge is 0.462 e. The van der Waals surface area contributed by atoms with Crippen LogP contribution in [0.3, 0.4) is 0 Å². The van der Waals surface area contributed by atoms with Gasteiger partial charge in [0.05, 0.1) is 29.3 Å². The molecule has 0 saturated heterocycles. The zero-order chi connectivity index (χ0) is 19.8. The normalized spacial score (nSPS) is 10.3. The maximum absolute atomic E-state index is 12.0. The molecule has 0 aliphatic heterocycles. The third-order valence-corrected chi connectivity index (χ3v) is 4.68. The second-order valence-electron chi connectivity index (χ2n) is 5.33. The van der Waals surface area contributed by atoms with Crippen molar-refractivity contribution in [3.05, 3.63) is 69.3 Å². The number of nitrogens with zero attached hydrogens (tertiary/aromatic N) is 1. The molecule has 142 valence electrons. The highest BCUT2D eigenvalue weighted by molar-refractivity contribution is 7.98. The highest BCUT2D eigenvalue weighted by atomic mass is 32.2. The van der Waals surface area contributed by atoms with E-state index >= 15 is 0 Å². The number of thioether (sulfide) groups is 1. The molecule has 0 unspecified atom stereocenters. The van der Waals surface area contributed by atoms with E-state index in [1.54, 1.807) is 38.1 Å². The van der Waals surface area contributed by atoms with Crippen LogP contribution in [0.15, 0.2) is 47.4 Å². The van der Waals surface area contributed by atoms with E-state index in [0.29, 0.717) is 16.0 Å². The highest BCUT2D eigenvalue weighted by Crippen LogP contribution is 2.31. The molecule has 0 atom stereocenters. The zero-order valence-electron chi connectivity index (χ0n) is 15.0. The number of hydrogen-bond acceptors (Lipinski definition) is 7. The summed E-state index contributed by atoms with van der Waals surface area (Å²) >= 11 is 1.29. The summed E-state index contributed by atoms with van der Waals surface area (Å²) in [5.41, 5.74) is 0.817. The van der Waals surface area contributed by atoms with Crippen LogP contribution in [0.2, 0.25) is 0 Å². The van der Waals surface area contributed by atoms with Crippen molar-refractivity contribution in [2.75, 3.05) is 13.2 Å².